The van der Waals surface area contributed by atoms with Gasteiger partial charge < -0.3 is 10.2 Å². The van der Waals surface area contributed by atoms with Gasteiger partial charge >= 0.3 is 0 Å². The van der Waals surface area contributed by atoms with Crippen LogP contribution in [0.2, 0.25) is 0 Å². The Balaban J connectivity index is 1.81. The fourth-order valence-electron chi connectivity index (χ4n) is 4.92. The van der Waals surface area contributed by atoms with Gasteiger partial charge in [-0.15, -0.1) is 0 Å². The molecule has 4 aromatic rings. The fraction of sp³-hybridized carbons (Fsp3) is 0.235. The maximum atomic E-state index is 14.4. The maximum Gasteiger partial charge on any atom is 0.264 e. The van der Waals surface area contributed by atoms with Gasteiger partial charge in [-0.25, -0.2) is 12.8 Å². The zero-order valence-electron chi connectivity index (χ0n) is 24.3. The summed E-state index contributed by atoms with van der Waals surface area (Å²) in [4.78, 5) is 29.3. The van der Waals surface area contributed by atoms with Crippen LogP contribution in [0.1, 0.15) is 30.5 Å². The number of halogens is 1. The lowest BCUT2D eigenvalue weighted by molar-refractivity contribution is -0.140. The summed E-state index contributed by atoms with van der Waals surface area (Å²) in [5.41, 5.74) is 2.58. The number of para-hydroxylation sites is 1. The van der Waals surface area contributed by atoms with E-state index >= 15 is 0 Å². The van der Waals surface area contributed by atoms with Crippen molar-refractivity contribution in [2.24, 2.45) is 0 Å². The van der Waals surface area contributed by atoms with Gasteiger partial charge in [0.2, 0.25) is 11.8 Å². The first-order valence-electron chi connectivity index (χ1n) is 14.3. The summed E-state index contributed by atoms with van der Waals surface area (Å²) in [7, 11) is -4.17. The highest BCUT2D eigenvalue weighted by atomic mass is 32.2. The number of nitrogens with zero attached hydrogens (tertiary/aromatic N) is 2. The van der Waals surface area contributed by atoms with Gasteiger partial charge in [0, 0.05) is 19.5 Å². The SMILES string of the molecule is CCNC(=O)[C@@H](Cc1ccccc1)N(Cc1ccc(F)cc1)C(=O)CN(c1ccccc1CC)S(=O)(=O)c1ccccc1. The van der Waals surface area contributed by atoms with Gasteiger partial charge in [-0.1, -0.05) is 85.8 Å². The van der Waals surface area contributed by atoms with E-state index in [0.29, 0.717) is 24.2 Å². The van der Waals surface area contributed by atoms with Gasteiger partial charge in [0.1, 0.15) is 18.4 Å². The Morgan fingerprint density at radius 2 is 1.40 bits per heavy atom. The Morgan fingerprint density at radius 3 is 2.02 bits per heavy atom. The van der Waals surface area contributed by atoms with E-state index in [1.54, 1.807) is 49.4 Å². The van der Waals surface area contributed by atoms with E-state index < -0.39 is 34.3 Å². The molecule has 0 saturated carbocycles. The molecule has 4 aromatic carbocycles. The van der Waals surface area contributed by atoms with Crippen LogP contribution in [0.25, 0.3) is 0 Å². The number of carbonyl (C=O) groups excluding carboxylic acids is 2. The van der Waals surface area contributed by atoms with Crippen LogP contribution in [0, 0.1) is 5.82 Å². The molecular weight excluding hydrogens is 565 g/mol. The second-order valence-electron chi connectivity index (χ2n) is 10.1. The van der Waals surface area contributed by atoms with Gasteiger partial charge in [-0.05, 0) is 60.4 Å². The van der Waals surface area contributed by atoms with E-state index in [2.05, 4.69) is 5.32 Å². The van der Waals surface area contributed by atoms with Crippen molar-refractivity contribution in [2.45, 2.75) is 44.2 Å². The smallest absolute Gasteiger partial charge is 0.264 e. The Hall–Kier alpha value is -4.50. The van der Waals surface area contributed by atoms with Gasteiger partial charge in [-0.3, -0.25) is 13.9 Å². The minimum atomic E-state index is -4.17. The predicted octanol–water partition coefficient (Wildman–Crippen LogP) is 5.36. The van der Waals surface area contributed by atoms with Crippen molar-refractivity contribution >= 4 is 27.5 Å². The molecule has 224 valence electrons. The number of aryl methyl sites for hydroxylation is 1. The van der Waals surface area contributed by atoms with Gasteiger partial charge in [0.05, 0.1) is 10.6 Å². The molecule has 9 heteroatoms. The topological polar surface area (TPSA) is 86.8 Å². The Kier molecular flexibility index (Phi) is 10.7. The minimum absolute atomic E-state index is 0.0254. The lowest BCUT2D eigenvalue weighted by Gasteiger charge is -2.34. The number of nitrogens with one attached hydrogen (secondary N) is 1. The van der Waals surface area contributed by atoms with Gasteiger partial charge in [-0.2, -0.15) is 0 Å². The quantitative estimate of drug-likeness (QED) is 0.224. The van der Waals surface area contributed by atoms with E-state index in [1.807, 2.05) is 49.4 Å². The molecule has 0 aliphatic heterocycles. The third-order valence-corrected chi connectivity index (χ3v) is 8.91. The lowest BCUT2D eigenvalue weighted by Crippen LogP contribution is -2.53. The molecule has 2 amide bonds. The zero-order chi connectivity index (χ0) is 30.8. The number of hydrogen-bond acceptors (Lipinski definition) is 4. The monoisotopic (exact) mass is 601 g/mol. The summed E-state index contributed by atoms with van der Waals surface area (Å²) in [6, 6.07) is 29.1. The molecule has 0 aliphatic carbocycles. The highest BCUT2D eigenvalue weighted by molar-refractivity contribution is 7.92. The molecule has 0 aliphatic rings. The molecule has 0 fully saturated rings. The van der Waals surface area contributed by atoms with Gasteiger partial charge in [0.15, 0.2) is 0 Å². The van der Waals surface area contributed by atoms with Crippen molar-refractivity contribution < 1.29 is 22.4 Å². The molecule has 0 heterocycles. The average Bonchev–Trinajstić information content (AvgIpc) is 3.03. The van der Waals surface area contributed by atoms with Crippen LogP contribution in [0.4, 0.5) is 10.1 Å². The first-order valence-corrected chi connectivity index (χ1v) is 15.7. The molecule has 7 nitrogen and oxygen atoms in total. The molecule has 0 unspecified atom stereocenters. The van der Waals surface area contributed by atoms with E-state index in [-0.39, 0.29) is 23.8 Å². The number of amides is 2. The average molecular weight is 602 g/mol. The Morgan fingerprint density at radius 1 is 0.791 bits per heavy atom. The number of anilines is 1. The number of benzene rings is 4. The second kappa shape index (κ2) is 14.6. The predicted molar refractivity (Wildman–Crippen MR) is 166 cm³/mol. The number of hydrogen-bond donors (Lipinski definition) is 1. The second-order valence-corrected chi connectivity index (χ2v) is 11.9. The maximum absolute atomic E-state index is 14.4. The van der Waals surface area contributed by atoms with Crippen molar-refractivity contribution in [3.63, 3.8) is 0 Å². The van der Waals surface area contributed by atoms with Crippen LogP contribution in [0.5, 0.6) is 0 Å². The summed E-state index contributed by atoms with van der Waals surface area (Å²) in [5.74, 6) is -1.36. The number of sulfonamides is 1. The largest absolute Gasteiger partial charge is 0.355 e. The molecular formula is C34H36FN3O4S. The number of likely N-dealkylation sites (N-methyl/N-ethyl adjacent to an activating group) is 1. The summed E-state index contributed by atoms with van der Waals surface area (Å²) in [6.45, 7) is 3.49. The molecule has 0 bridgehead atoms. The summed E-state index contributed by atoms with van der Waals surface area (Å²) in [5, 5.41) is 2.83. The van der Waals surface area contributed by atoms with Crippen molar-refractivity contribution in [3.05, 3.63) is 132 Å². The van der Waals surface area contributed by atoms with Crippen LogP contribution >= 0.6 is 0 Å². The molecule has 0 radical (unpaired) electrons. The van der Waals surface area contributed by atoms with E-state index in [0.717, 1.165) is 15.4 Å². The first-order chi connectivity index (χ1) is 20.7. The first kappa shape index (κ1) is 31.4. The summed E-state index contributed by atoms with van der Waals surface area (Å²) >= 11 is 0. The van der Waals surface area contributed by atoms with Crippen LogP contribution in [-0.2, 0) is 39.0 Å². The summed E-state index contributed by atoms with van der Waals surface area (Å²) < 4.78 is 43.1. The molecule has 4 rings (SSSR count). The van der Waals surface area contributed by atoms with Crippen molar-refractivity contribution in [1.29, 1.82) is 0 Å². The highest BCUT2D eigenvalue weighted by Crippen LogP contribution is 2.28. The Bertz CT molecular complexity index is 1610. The van der Waals surface area contributed by atoms with Crippen molar-refractivity contribution in [1.82, 2.24) is 10.2 Å². The Labute approximate surface area is 253 Å². The van der Waals surface area contributed by atoms with Gasteiger partial charge in [0.25, 0.3) is 10.0 Å². The van der Waals surface area contributed by atoms with Crippen LogP contribution in [-0.4, -0.2) is 44.3 Å². The van der Waals surface area contributed by atoms with Crippen LogP contribution in [0.15, 0.2) is 114 Å². The van der Waals surface area contributed by atoms with Crippen molar-refractivity contribution in [2.75, 3.05) is 17.4 Å². The fourth-order valence-corrected chi connectivity index (χ4v) is 6.39. The van der Waals surface area contributed by atoms with Crippen LogP contribution in [0.3, 0.4) is 0 Å². The van der Waals surface area contributed by atoms with E-state index in [1.165, 1.54) is 29.2 Å². The number of rotatable bonds is 13. The van der Waals surface area contributed by atoms with Crippen molar-refractivity contribution in [3.8, 4) is 0 Å². The minimum Gasteiger partial charge on any atom is -0.355 e. The molecule has 0 spiro atoms. The number of carbonyl (C=O) groups is 2. The zero-order valence-corrected chi connectivity index (χ0v) is 25.1. The molecule has 1 N–H and O–H groups in total. The summed E-state index contributed by atoms with van der Waals surface area (Å²) in [6.07, 6.45) is 0.747. The van der Waals surface area contributed by atoms with E-state index in [4.69, 9.17) is 0 Å². The highest BCUT2D eigenvalue weighted by Gasteiger charge is 2.35. The third-order valence-electron chi connectivity index (χ3n) is 7.14. The van der Waals surface area contributed by atoms with E-state index in [9.17, 15) is 22.4 Å². The molecule has 1 atom stereocenters. The normalized spacial score (nSPS) is 11.9. The molecule has 0 aromatic heterocycles. The van der Waals surface area contributed by atoms with Crippen LogP contribution < -0.4 is 9.62 Å². The molecule has 0 saturated heterocycles. The molecule has 43 heavy (non-hydrogen) atoms. The lowest BCUT2D eigenvalue weighted by atomic mass is 10.0. The standard InChI is InChI=1S/C34H36FN3O4S/c1-3-28-15-11-12-18-31(28)38(43(41,42)30-16-9-6-10-17-30)25-33(39)37(24-27-19-21-29(35)22-20-27)32(34(40)36-4-2)23-26-13-7-5-8-14-26/h5-22,32H,3-4,23-25H2,1-2H3,(H,36,40)/t32-/m1/s1. The third kappa shape index (κ3) is 7.87.